The molecule has 1 aromatic heterocycles. The minimum Gasteiger partial charge on any atom is -0.396 e. The number of aromatic nitrogens is 1. The predicted molar refractivity (Wildman–Crippen MR) is 56.0 cm³/mol. The quantitative estimate of drug-likeness (QED) is 0.652. The first-order valence-electron chi connectivity index (χ1n) is 4.82. The van der Waals surface area contributed by atoms with Crippen LogP contribution in [-0.4, -0.2) is 22.2 Å². The van der Waals surface area contributed by atoms with Gasteiger partial charge in [-0.05, 0) is 31.4 Å². The Morgan fingerprint density at radius 1 is 1.57 bits per heavy atom. The van der Waals surface area contributed by atoms with E-state index in [-0.39, 0.29) is 6.10 Å². The highest BCUT2D eigenvalue weighted by molar-refractivity contribution is 5.65. The van der Waals surface area contributed by atoms with Gasteiger partial charge in [0.15, 0.2) is 0 Å². The second kappa shape index (κ2) is 3.46. The highest BCUT2D eigenvalue weighted by Crippen LogP contribution is 2.26. The average Bonchev–Trinajstić information content (AvgIpc) is 2.10. The lowest BCUT2D eigenvalue weighted by molar-refractivity contribution is 0.0835. The largest absolute Gasteiger partial charge is 0.396 e. The lowest BCUT2D eigenvalue weighted by Crippen LogP contribution is -2.39. The fourth-order valence-electron chi connectivity index (χ4n) is 1.58. The molecule has 14 heavy (non-hydrogen) atoms. The lowest BCUT2D eigenvalue weighted by atomic mass is 9.89. The summed E-state index contributed by atoms with van der Waals surface area (Å²) in [4.78, 5) is 4.17. The number of nitrogens with one attached hydrogen (secondary N) is 1. The Morgan fingerprint density at radius 3 is 2.93 bits per heavy atom. The molecule has 0 atom stereocenters. The Labute approximate surface area is 83.2 Å². The molecule has 1 fully saturated rings. The monoisotopic (exact) mass is 193 g/mol. The molecular weight excluding hydrogens is 178 g/mol. The highest BCUT2D eigenvalue weighted by atomic mass is 16.3. The summed E-state index contributed by atoms with van der Waals surface area (Å²) in [5.41, 5.74) is 7.59. The number of anilines is 2. The van der Waals surface area contributed by atoms with E-state index in [0.717, 1.165) is 24.2 Å². The molecule has 0 saturated heterocycles. The summed E-state index contributed by atoms with van der Waals surface area (Å²) in [7, 11) is 0. The Morgan fingerprint density at radius 2 is 2.29 bits per heavy atom. The number of nitrogens with two attached hydrogens (primary N) is 1. The number of rotatable bonds is 2. The zero-order chi connectivity index (χ0) is 10.1. The van der Waals surface area contributed by atoms with Crippen molar-refractivity contribution in [3.63, 3.8) is 0 Å². The number of pyridine rings is 1. The van der Waals surface area contributed by atoms with Gasteiger partial charge < -0.3 is 16.2 Å². The maximum atomic E-state index is 9.13. The van der Waals surface area contributed by atoms with Gasteiger partial charge in [-0.15, -0.1) is 0 Å². The molecule has 76 valence electrons. The summed E-state index contributed by atoms with van der Waals surface area (Å²) in [6.07, 6.45) is 3.16. The van der Waals surface area contributed by atoms with Gasteiger partial charge in [-0.1, -0.05) is 0 Å². The van der Waals surface area contributed by atoms with Crippen LogP contribution in [0.5, 0.6) is 0 Å². The molecule has 0 amide bonds. The molecule has 0 aromatic carbocycles. The molecule has 0 unspecified atom stereocenters. The molecule has 1 aromatic rings. The summed E-state index contributed by atoms with van der Waals surface area (Å²) in [5, 5.41) is 12.4. The first-order chi connectivity index (χ1) is 6.66. The number of nitrogen functional groups attached to an aromatic ring is 1. The topological polar surface area (TPSA) is 71.2 Å². The highest BCUT2D eigenvalue weighted by Gasteiger charge is 2.27. The van der Waals surface area contributed by atoms with Gasteiger partial charge in [-0.2, -0.15) is 0 Å². The first kappa shape index (κ1) is 9.27. The molecule has 1 aliphatic carbocycles. The first-order valence-corrected chi connectivity index (χ1v) is 4.82. The molecule has 0 aliphatic heterocycles. The number of hydrogen-bond acceptors (Lipinski definition) is 4. The van der Waals surface area contributed by atoms with E-state index in [2.05, 4.69) is 10.3 Å². The van der Waals surface area contributed by atoms with Gasteiger partial charge in [-0.3, -0.25) is 0 Å². The van der Waals surface area contributed by atoms with Crippen molar-refractivity contribution in [3.8, 4) is 0 Å². The van der Waals surface area contributed by atoms with Crippen LogP contribution >= 0.6 is 0 Å². The Bertz CT molecular complexity index is 334. The molecule has 2 rings (SSSR count). The van der Waals surface area contributed by atoms with Gasteiger partial charge in [0, 0.05) is 12.2 Å². The number of nitrogens with zero attached hydrogens (tertiary/aromatic N) is 1. The fraction of sp³-hybridized carbons (Fsp3) is 0.500. The molecule has 1 saturated carbocycles. The van der Waals surface area contributed by atoms with Gasteiger partial charge in [0.2, 0.25) is 0 Å². The predicted octanol–water partition coefficient (Wildman–Crippen LogP) is 0.907. The molecule has 1 heterocycles. The van der Waals surface area contributed by atoms with Gasteiger partial charge in [0.25, 0.3) is 0 Å². The van der Waals surface area contributed by atoms with Gasteiger partial charge in [0.1, 0.15) is 5.82 Å². The minimum absolute atomic E-state index is 0.154. The van der Waals surface area contributed by atoms with Crippen LogP contribution in [0.1, 0.15) is 18.4 Å². The van der Waals surface area contributed by atoms with Crippen LogP contribution in [0.25, 0.3) is 0 Å². The molecule has 0 radical (unpaired) electrons. The molecular formula is C10H15N3O. The summed E-state index contributed by atoms with van der Waals surface area (Å²) < 4.78 is 0. The van der Waals surface area contributed by atoms with Crippen LogP contribution in [0, 0.1) is 6.92 Å². The van der Waals surface area contributed by atoms with E-state index in [1.165, 1.54) is 0 Å². The maximum absolute atomic E-state index is 9.13. The van der Waals surface area contributed by atoms with Crippen LogP contribution in [-0.2, 0) is 0 Å². The maximum Gasteiger partial charge on any atom is 0.149 e. The summed E-state index contributed by atoms with van der Waals surface area (Å²) in [6.45, 7) is 1.96. The summed E-state index contributed by atoms with van der Waals surface area (Å²) in [5.74, 6) is 0.738. The van der Waals surface area contributed by atoms with Crippen LogP contribution in [0.2, 0.25) is 0 Å². The van der Waals surface area contributed by atoms with Crippen LogP contribution < -0.4 is 11.1 Å². The second-order valence-corrected chi connectivity index (χ2v) is 3.86. The number of aliphatic hydroxyl groups is 1. The minimum atomic E-state index is -0.154. The fourth-order valence-corrected chi connectivity index (χ4v) is 1.58. The lowest BCUT2D eigenvalue weighted by Gasteiger charge is -2.32. The molecule has 1 aliphatic rings. The van der Waals surface area contributed by atoms with E-state index in [0.29, 0.717) is 11.7 Å². The van der Waals surface area contributed by atoms with Crippen molar-refractivity contribution < 1.29 is 5.11 Å². The normalized spacial score (nSPS) is 25.6. The third-order valence-electron chi connectivity index (χ3n) is 2.66. The summed E-state index contributed by atoms with van der Waals surface area (Å²) >= 11 is 0. The van der Waals surface area contributed by atoms with Crippen molar-refractivity contribution >= 4 is 11.5 Å². The molecule has 4 heteroatoms. The van der Waals surface area contributed by atoms with Crippen molar-refractivity contribution in [2.75, 3.05) is 11.1 Å². The third-order valence-corrected chi connectivity index (χ3v) is 2.66. The van der Waals surface area contributed by atoms with Gasteiger partial charge in [-0.25, -0.2) is 4.98 Å². The molecule has 4 nitrogen and oxygen atoms in total. The van der Waals surface area contributed by atoms with E-state index in [4.69, 9.17) is 10.8 Å². The zero-order valence-electron chi connectivity index (χ0n) is 8.20. The zero-order valence-corrected chi connectivity index (χ0v) is 8.20. The third kappa shape index (κ3) is 1.65. The smallest absolute Gasteiger partial charge is 0.149 e. The van der Waals surface area contributed by atoms with Crippen molar-refractivity contribution in [1.29, 1.82) is 0 Å². The van der Waals surface area contributed by atoms with Crippen LogP contribution in [0.15, 0.2) is 12.3 Å². The Balaban J connectivity index is 2.06. The van der Waals surface area contributed by atoms with Crippen LogP contribution in [0.4, 0.5) is 11.5 Å². The summed E-state index contributed by atoms with van der Waals surface area (Å²) in [6, 6.07) is 2.21. The second-order valence-electron chi connectivity index (χ2n) is 3.86. The van der Waals surface area contributed by atoms with E-state index in [9.17, 15) is 0 Å². The number of aliphatic hydroxyl groups excluding tert-OH is 1. The van der Waals surface area contributed by atoms with Crippen molar-refractivity contribution in [2.24, 2.45) is 0 Å². The van der Waals surface area contributed by atoms with Crippen LogP contribution in [0.3, 0.4) is 0 Å². The van der Waals surface area contributed by atoms with Gasteiger partial charge >= 0.3 is 0 Å². The number of aryl methyl sites for hydroxylation is 1. The molecule has 0 bridgehead atoms. The van der Waals surface area contributed by atoms with E-state index >= 15 is 0 Å². The average molecular weight is 193 g/mol. The van der Waals surface area contributed by atoms with Crippen molar-refractivity contribution in [2.45, 2.75) is 31.9 Å². The Kier molecular flexibility index (Phi) is 2.29. The standard InChI is InChI=1S/C10H15N3O/c1-6-2-3-12-10(9(6)11)13-7-4-8(14)5-7/h2-3,7-8,14H,4-5,11H2,1H3,(H,12,13). The van der Waals surface area contributed by atoms with Gasteiger partial charge in [0.05, 0.1) is 11.8 Å². The SMILES string of the molecule is Cc1ccnc(NC2CC(O)C2)c1N. The van der Waals surface area contributed by atoms with E-state index in [1.54, 1.807) is 6.20 Å². The Hall–Kier alpha value is -1.29. The van der Waals surface area contributed by atoms with Crippen molar-refractivity contribution in [3.05, 3.63) is 17.8 Å². The van der Waals surface area contributed by atoms with Crippen molar-refractivity contribution in [1.82, 2.24) is 4.98 Å². The number of hydrogen-bond donors (Lipinski definition) is 3. The molecule has 0 spiro atoms. The molecule has 4 N–H and O–H groups in total. The van der Waals surface area contributed by atoms with E-state index in [1.807, 2.05) is 13.0 Å². The van der Waals surface area contributed by atoms with E-state index < -0.39 is 0 Å².